The van der Waals surface area contributed by atoms with Gasteiger partial charge in [-0.3, -0.25) is 4.79 Å². The molecule has 2 rings (SSSR count). The number of carbonyl (C=O) groups excluding carboxylic acids is 1. The molecule has 6 nitrogen and oxygen atoms in total. The fourth-order valence-corrected chi connectivity index (χ4v) is 1.70. The lowest BCUT2D eigenvalue weighted by atomic mass is 10.3. The van der Waals surface area contributed by atoms with Gasteiger partial charge >= 0.3 is 12.1 Å². The summed E-state index contributed by atoms with van der Waals surface area (Å²) in [5.41, 5.74) is 0. The lowest BCUT2D eigenvalue weighted by Gasteiger charge is -2.23. The van der Waals surface area contributed by atoms with Crippen LogP contribution in [0.3, 0.4) is 0 Å². The molecule has 1 aromatic heterocycles. The number of aromatic nitrogens is 4. The van der Waals surface area contributed by atoms with Crippen LogP contribution in [0.25, 0.3) is 0 Å². The molecule has 1 saturated heterocycles. The Morgan fingerprint density at radius 3 is 2.75 bits per heavy atom. The molecule has 1 atom stereocenters. The van der Waals surface area contributed by atoms with Crippen molar-refractivity contribution in [2.45, 2.75) is 25.2 Å². The molecule has 88 valence electrons. The largest absolute Gasteiger partial charge is 0.471 e. The van der Waals surface area contributed by atoms with E-state index >= 15 is 0 Å². The highest BCUT2D eigenvalue weighted by Gasteiger charge is 2.46. The van der Waals surface area contributed by atoms with Crippen LogP contribution in [-0.4, -0.2) is 43.7 Å². The summed E-state index contributed by atoms with van der Waals surface area (Å²) >= 11 is 0. The Kier molecular flexibility index (Phi) is 2.52. The molecule has 1 amide bonds. The first-order valence-corrected chi connectivity index (χ1v) is 4.60. The molecule has 0 bridgehead atoms. The standard InChI is InChI=1S/C7H8F3N5O/c8-7(9,10)6(16)14-3-1-2-5(14)15-12-4-11-13-15/h4-5H,1-3H2. The molecule has 16 heavy (non-hydrogen) atoms. The maximum Gasteiger partial charge on any atom is 0.471 e. The fraction of sp³-hybridized carbons (Fsp3) is 0.714. The lowest BCUT2D eigenvalue weighted by molar-refractivity contribution is -0.188. The van der Waals surface area contributed by atoms with Gasteiger partial charge in [-0.15, -0.1) is 15.0 Å². The van der Waals surface area contributed by atoms with E-state index in [0.717, 1.165) is 16.0 Å². The molecule has 0 N–H and O–H groups in total. The number of rotatable bonds is 1. The van der Waals surface area contributed by atoms with Crippen LogP contribution in [0.2, 0.25) is 0 Å². The fourth-order valence-electron chi connectivity index (χ4n) is 1.70. The minimum absolute atomic E-state index is 0.0601. The van der Waals surface area contributed by atoms with Crippen LogP contribution in [0.1, 0.15) is 19.0 Å². The van der Waals surface area contributed by atoms with Gasteiger partial charge in [0.05, 0.1) is 0 Å². The zero-order valence-electron chi connectivity index (χ0n) is 8.05. The van der Waals surface area contributed by atoms with Crippen LogP contribution in [0.4, 0.5) is 13.2 Å². The number of tetrazole rings is 1. The highest BCUT2D eigenvalue weighted by Crippen LogP contribution is 2.30. The van der Waals surface area contributed by atoms with E-state index in [1.165, 1.54) is 0 Å². The normalized spacial score (nSPS) is 21.4. The first kappa shape index (κ1) is 10.8. The van der Waals surface area contributed by atoms with Crippen molar-refractivity contribution >= 4 is 5.91 Å². The number of likely N-dealkylation sites (tertiary alicyclic amines) is 1. The van der Waals surface area contributed by atoms with E-state index in [-0.39, 0.29) is 6.54 Å². The van der Waals surface area contributed by atoms with Crippen molar-refractivity contribution in [2.75, 3.05) is 6.54 Å². The van der Waals surface area contributed by atoms with Crippen molar-refractivity contribution in [3.8, 4) is 0 Å². The van der Waals surface area contributed by atoms with E-state index in [1.807, 2.05) is 0 Å². The van der Waals surface area contributed by atoms with Crippen molar-refractivity contribution in [3.63, 3.8) is 0 Å². The molecule has 0 saturated carbocycles. The van der Waals surface area contributed by atoms with Crippen molar-refractivity contribution in [1.82, 2.24) is 25.1 Å². The quantitative estimate of drug-likeness (QED) is 0.704. The number of nitrogens with zero attached hydrogens (tertiary/aromatic N) is 5. The molecule has 0 aromatic carbocycles. The predicted molar refractivity (Wildman–Crippen MR) is 43.9 cm³/mol. The monoisotopic (exact) mass is 235 g/mol. The van der Waals surface area contributed by atoms with Crippen molar-refractivity contribution in [2.24, 2.45) is 0 Å². The lowest BCUT2D eigenvalue weighted by Crippen LogP contribution is -2.42. The van der Waals surface area contributed by atoms with E-state index < -0.39 is 18.2 Å². The van der Waals surface area contributed by atoms with Crippen LogP contribution < -0.4 is 0 Å². The average Bonchev–Trinajstić information content (AvgIpc) is 2.85. The second kappa shape index (κ2) is 3.72. The number of hydrogen-bond donors (Lipinski definition) is 0. The van der Waals surface area contributed by atoms with Gasteiger partial charge < -0.3 is 4.90 Å². The van der Waals surface area contributed by atoms with Gasteiger partial charge in [-0.1, -0.05) is 0 Å². The average molecular weight is 235 g/mol. The van der Waals surface area contributed by atoms with Gasteiger partial charge in [0.25, 0.3) is 0 Å². The van der Waals surface area contributed by atoms with Crippen LogP contribution in [0.5, 0.6) is 0 Å². The molecule has 2 heterocycles. The number of halogens is 3. The summed E-state index contributed by atoms with van der Waals surface area (Å²) in [7, 11) is 0. The first-order valence-electron chi connectivity index (χ1n) is 4.60. The summed E-state index contributed by atoms with van der Waals surface area (Å²) in [4.78, 5) is 12.8. The Bertz CT molecular complexity index is 376. The van der Waals surface area contributed by atoms with Crippen molar-refractivity contribution in [1.29, 1.82) is 0 Å². The van der Waals surface area contributed by atoms with E-state index in [9.17, 15) is 18.0 Å². The summed E-state index contributed by atoms with van der Waals surface area (Å²) in [5.74, 6) is -1.85. The topological polar surface area (TPSA) is 63.9 Å². The molecular weight excluding hydrogens is 227 g/mol. The Hall–Kier alpha value is -1.67. The van der Waals surface area contributed by atoms with Crippen LogP contribution >= 0.6 is 0 Å². The molecule has 1 fully saturated rings. The Morgan fingerprint density at radius 1 is 1.44 bits per heavy atom. The van der Waals surface area contributed by atoms with Gasteiger partial charge in [-0.2, -0.15) is 13.2 Å². The second-order valence-electron chi connectivity index (χ2n) is 3.38. The van der Waals surface area contributed by atoms with Crippen molar-refractivity contribution in [3.05, 3.63) is 6.33 Å². The van der Waals surface area contributed by atoms with Gasteiger partial charge in [0, 0.05) is 6.54 Å². The van der Waals surface area contributed by atoms with Gasteiger partial charge in [0.1, 0.15) is 6.17 Å². The van der Waals surface area contributed by atoms with E-state index in [0.29, 0.717) is 12.8 Å². The Balaban J connectivity index is 2.19. The zero-order chi connectivity index (χ0) is 11.8. The summed E-state index contributed by atoms with van der Waals surface area (Å²) < 4.78 is 36.8. The third kappa shape index (κ3) is 1.84. The first-order chi connectivity index (χ1) is 7.50. The van der Waals surface area contributed by atoms with Crippen LogP contribution in [-0.2, 0) is 4.79 Å². The minimum Gasteiger partial charge on any atom is -0.311 e. The second-order valence-corrected chi connectivity index (χ2v) is 3.38. The molecule has 0 radical (unpaired) electrons. The SMILES string of the molecule is O=C(N1CCCC1n1ncnn1)C(F)(F)F. The smallest absolute Gasteiger partial charge is 0.311 e. The number of alkyl halides is 3. The van der Waals surface area contributed by atoms with Gasteiger partial charge in [-0.05, 0) is 18.1 Å². The zero-order valence-corrected chi connectivity index (χ0v) is 8.05. The molecule has 1 unspecified atom stereocenters. The van der Waals surface area contributed by atoms with Crippen molar-refractivity contribution < 1.29 is 18.0 Å². The predicted octanol–water partition coefficient (Wildman–Crippen LogP) is 0.356. The van der Waals surface area contributed by atoms with Gasteiger partial charge in [0.2, 0.25) is 0 Å². The van der Waals surface area contributed by atoms with E-state index in [1.54, 1.807) is 0 Å². The van der Waals surface area contributed by atoms with Crippen LogP contribution in [0.15, 0.2) is 6.33 Å². The molecular formula is C7H8F3N5O. The van der Waals surface area contributed by atoms with E-state index in [4.69, 9.17) is 0 Å². The highest BCUT2D eigenvalue weighted by molar-refractivity contribution is 5.82. The highest BCUT2D eigenvalue weighted by atomic mass is 19.4. The molecule has 1 aliphatic rings. The summed E-state index contributed by atoms with van der Waals surface area (Å²) in [5, 5.41) is 10.6. The molecule has 1 aromatic rings. The number of hydrogen-bond acceptors (Lipinski definition) is 4. The summed E-state index contributed by atoms with van der Waals surface area (Å²) in [6.45, 7) is 0.0601. The third-order valence-corrected chi connectivity index (χ3v) is 2.36. The Labute approximate surface area is 88.0 Å². The number of carbonyl (C=O) groups is 1. The maximum absolute atomic E-state index is 12.3. The Morgan fingerprint density at radius 2 is 2.19 bits per heavy atom. The molecule has 1 aliphatic heterocycles. The summed E-state index contributed by atoms with van der Waals surface area (Å²) in [6, 6.07) is 0. The number of amides is 1. The maximum atomic E-state index is 12.3. The van der Waals surface area contributed by atoms with Crippen LogP contribution in [0, 0.1) is 0 Å². The minimum atomic E-state index is -4.86. The van der Waals surface area contributed by atoms with Gasteiger partial charge in [0.15, 0.2) is 6.33 Å². The molecule has 0 aliphatic carbocycles. The van der Waals surface area contributed by atoms with E-state index in [2.05, 4.69) is 15.4 Å². The van der Waals surface area contributed by atoms with Gasteiger partial charge in [-0.25, -0.2) is 0 Å². The third-order valence-electron chi connectivity index (χ3n) is 2.36. The summed E-state index contributed by atoms with van der Waals surface area (Å²) in [6.07, 6.45) is -3.62. The molecule has 0 spiro atoms. The molecule has 9 heteroatoms.